The number of nitrogens with two attached hydrogens (primary N) is 1. The molecule has 5 rings (SSSR count). The zero-order chi connectivity index (χ0) is 42.1. The molecule has 1 aliphatic heterocycles. The average molecular weight is 815 g/mol. The van der Waals surface area contributed by atoms with Gasteiger partial charge < -0.3 is 30.7 Å². The van der Waals surface area contributed by atoms with Crippen molar-refractivity contribution < 1.29 is 32.8 Å². The standard InChI is InChI=1S/C46H63N4O7P/c1-44(2,3)56-58(55,57-45(4,5)6)31-32-21-23-34(24-22-32)36-17-9-8-15-33(27-37-19-14-18-35-16-10-11-20-38(35)37)30-48-42(53)39(29-40(47)51)49-43(54)46(50-41(52)28-36)25-12-7-13-26-46/h8-11,14,16,18-24,33,36,39H,7,12-13,15,17,25-31H2,1-6H3,(H2,47,51)(H,48,53)(H,49,54)(H,50,52)/b9-8+/t33-,36-,39-/m0/s1. The first-order valence-corrected chi connectivity index (χ1v) is 22.4. The van der Waals surface area contributed by atoms with E-state index < -0.39 is 48.1 Å². The third-order valence-corrected chi connectivity index (χ3v) is 13.0. The third-order valence-electron chi connectivity index (χ3n) is 10.6. The highest BCUT2D eigenvalue weighted by atomic mass is 31.2. The first-order chi connectivity index (χ1) is 27.3. The number of fused-ring (bicyclic) bond motifs is 1. The van der Waals surface area contributed by atoms with Gasteiger partial charge in [-0.3, -0.25) is 23.7 Å². The summed E-state index contributed by atoms with van der Waals surface area (Å²) in [4.78, 5) is 54.1. The molecule has 58 heavy (non-hydrogen) atoms. The van der Waals surface area contributed by atoms with Gasteiger partial charge in [-0.15, -0.1) is 0 Å². The molecule has 0 bridgehead atoms. The Morgan fingerprint density at radius 1 is 0.845 bits per heavy atom. The summed E-state index contributed by atoms with van der Waals surface area (Å²) in [5.74, 6) is -2.22. The van der Waals surface area contributed by atoms with Crippen LogP contribution in [0.2, 0.25) is 0 Å². The quantitative estimate of drug-likeness (QED) is 0.125. The molecule has 0 unspecified atom stereocenters. The van der Waals surface area contributed by atoms with E-state index in [0.717, 1.165) is 46.7 Å². The normalized spacial score (nSPS) is 22.2. The molecule has 0 saturated heterocycles. The predicted octanol–water partition coefficient (Wildman–Crippen LogP) is 8.14. The fraction of sp³-hybridized carbons (Fsp3) is 0.522. The van der Waals surface area contributed by atoms with Gasteiger partial charge in [0.1, 0.15) is 11.6 Å². The highest BCUT2D eigenvalue weighted by Crippen LogP contribution is 2.57. The molecule has 3 aromatic carbocycles. The second-order valence-corrected chi connectivity index (χ2v) is 20.0. The van der Waals surface area contributed by atoms with Crippen LogP contribution in [0.4, 0.5) is 0 Å². The van der Waals surface area contributed by atoms with Gasteiger partial charge in [-0.25, -0.2) is 0 Å². The van der Waals surface area contributed by atoms with Crippen molar-refractivity contribution in [1.29, 1.82) is 0 Å². The smallest absolute Gasteiger partial charge is 0.336 e. The van der Waals surface area contributed by atoms with E-state index in [1.54, 1.807) is 0 Å². The molecule has 0 radical (unpaired) electrons. The lowest BCUT2D eigenvalue weighted by Crippen LogP contribution is -2.63. The van der Waals surface area contributed by atoms with E-state index in [1.165, 1.54) is 0 Å². The molecule has 1 heterocycles. The van der Waals surface area contributed by atoms with Gasteiger partial charge in [0.25, 0.3) is 0 Å². The Bertz CT molecular complexity index is 1970. The summed E-state index contributed by atoms with van der Waals surface area (Å²) in [5.41, 5.74) is 5.86. The summed E-state index contributed by atoms with van der Waals surface area (Å²) in [7, 11) is -3.54. The number of allylic oxidation sites excluding steroid dienone is 2. The number of amides is 4. The van der Waals surface area contributed by atoms with Crippen molar-refractivity contribution >= 4 is 42.0 Å². The summed E-state index contributed by atoms with van der Waals surface area (Å²) in [6.45, 7) is 11.4. The Balaban J connectivity index is 1.46. The van der Waals surface area contributed by atoms with Crippen molar-refractivity contribution in [2.24, 2.45) is 11.7 Å². The number of carbonyl (C=O) groups excluding carboxylic acids is 4. The molecule has 5 N–H and O–H groups in total. The van der Waals surface area contributed by atoms with Crippen molar-refractivity contribution in [2.75, 3.05) is 6.54 Å². The van der Waals surface area contributed by atoms with Gasteiger partial charge in [0.2, 0.25) is 23.6 Å². The summed E-state index contributed by atoms with van der Waals surface area (Å²) in [6, 6.07) is 21.0. The van der Waals surface area contributed by atoms with Crippen molar-refractivity contribution in [3.8, 4) is 0 Å². The zero-order valence-corrected chi connectivity index (χ0v) is 36.0. The highest BCUT2D eigenvalue weighted by molar-refractivity contribution is 7.53. The van der Waals surface area contributed by atoms with Gasteiger partial charge in [0.05, 0.1) is 23.8 Å². The lowest BCUT2D eigenvalue weighted by atomic mass is 9.80. The van der Waals surface area contributed by atoms with Crippen molar-refractivity contribution in [1.82, 2.24) is 16.0 Å². The van der Waals surface area contributed by atoms with Crippen LogP contribution in [0.1, 0.15) is 122 Å². The second kappa shape index (κ2) is 19.2. The van der Waals surface area contributed by atoms with Crippen molar-refractivity contribution in [3.05, 3.63) is 95.6 Å². The fourth-order valence-corrected chi connectivity index (χ4v) is 10.6. The van der Waals surface area contributed by atoms with Crippen molar-refractivity contribution in [2.45, 2.75) is 141 Å². The molecule has 12 heteroatoms. The van der Waals surface area contributed by atoms with Gasteiger partial charge in [0.15, 0.2) is 0 Å². The number of benzene rings is 3. The minimum absolute atomic E-state index is 0.0177. The third kappa shape index (κ3) is 13.1. The van der Waals surface area contributed by atoms with Gasteiger partial charge in [-0.1, -0.05) is 98.1 Å². The Hall–Kier alpha value is -4.31. The number of hydrogen-bond donors (Lipinski definition) is 4. The number of carbonyl (C=O) groups is 4. The number of rotatable bonds is 9. The molecule has 1 aliphatic carbocycles. The summed E-state index contributed by atoms with van der Waals surface area (Å²) in [6.07, 6.45) is 9.11. The SMILES string of the molecule is CC(C)(C)OP(=O)(Cc1ccc([C@H]2C/C=C/C[C@@H](Cc3cccc4ccccc34)CNC(=O)[C@H](CC(N)=O)NC(=O)C3(CCCCC3)NC(=O)C2)cc1)OC(C)(C)C. The molecule has 314 valence electrons. The lowest BCUT2D eigenvalue weighted by molar-refractivity contribution is -0.138. The summed E-state index contributed by atoms with van der Waals surface area (Å²) < 4.78 is 26.1. The number of nitrogens with one attached hydrogen (secondary N) is 3. The van der Waals surface area contributed by atoms with Crippen LogP contribution in [0.25, 0.3) is 10.8 Å². The van der Waals surface area contributed by atoms with Gasteiger partial charge >= 0.3 is 7.60 Å². The van der Waals surface area contributed by atoms with E-state index >= 15 is 0 Å². The van der Waals surface area contributed by atoms with E-state index in [1.807, 2.05) is 84.0 Å². The predicted molar refractivity (Wildman–Crippen MR) is 229 cm³/mol. The summed E-state index contributed by atoms with van der Waals surface area (Å²) in [5, 5.41) is 11.2. The van der Waals surface area contributed by atoms with Crippen LogP contribution < -0.4 is 21.7 Å². The minimum Gasteiger partial charge on any atom is -0.370 e. The van der Waals surface area contributed by atoms with E-state index in [-0.39, 0.29) is 36.7 Å². The van der Waals surface area contributed by atoms with Crippen LogP contribution in [0.5, 0.6) is 0 Å². The topological polar surface area (TPSA) is 166 Å². The van der Waals surface area contributed by atoms with Crippen LogP contribution in [0, 0.1) is 5.92 Å². The van der Waals surface area contributed by atoms with E-state index in [9.17, 15) is 23.7 Å². The molecule has 1 saturated carbocycles. The Morgan fingerprint density at radius 2 is 1.48 bits per heavy atom. The highest BCUT2D eigenvalue weighted by Gasteiger charge is 2.43. The maximum Gasteiger partial charge on any atom is 0.336 e. The molecule has 0 aromatic heterocycles. The Kier molecular flexibility index (Phi) is 14.8. The largest absolute Gasteiger partial charge is 0.370 e. The monoisotopic (exact) mass is 814 g/mol. The average Bonchev–Trinajstić information content (AvgIpc) is 3.13. The zero-order valence-electron chi connectivity index (χ0n) is 35.1. The fourth-order valence-electron chi connectivity index (χ4n) is 8.12. The van der Waals surface area contributed by atoms with E-state index in [4.69, 9.17) is 14.8 Å². The van der Waals surface area contributed by atoms with E-state index in [0.29, 0.717) is 38.6 Å². The number of primary amides is 1. The van der Waals surface area contributed by atoms with Crippen LogP contribution in [-0.2, 0) is 45.4 Å². The molecular weight excluding hydrogens is 752 g/mol. The Morgan fingerprint density at radius 3 is 2.14 bits per heavy atom. The maximum absolute atomic E-state index is 14.2. The number of hydrogen-bond acceptors (Lipinski definition) is 7. The maximum atomic E-state index is 14.2. The Labute approximate surface area is 344 Å². The molecule has 4 amide bonds. The first kappa shape index (κ1) is 44.8. The molecule has 3 aromatic rings. The van der Waals surface area contributed by atoms with Crippen LogP contribution in [-0.4, -0.2) is 53.0 Å². The molecule has 1 fully saturated rings. The minimum atomic E-state index is -3.54. The lowest BCUT2D eigenvalue weighted by Gasteiger charge is -2.38. The summed E-state index contributed by atoms with van der Waals surface area (Å²) >= 11 is 0. The molecule has 2 aliphatic rings. The molecular formula is C46H63N4O7P. The van der Waals surface area contributed by atoms with Gasteiger partial charge in [-0.05, 0) is 113 Å². The molecule has 3 atom stereocenters. The second-order valence-electron chi connectivity index (χ2n) is 18.1. The first-order valence-electron chi connectivity index (χ1n) is 20.7. The van der Waals surface area contributed by atoms with Gasteiger partial charge in [0, 0.05) is 13.0 Å². The van der Waals surface area contributed by atoms with Crippen LogP contribution >= 0.6 is 7.60 Å². The molecule has 1 spiro atoms. The van der Waals surface area contributed by atoms with Gasteiger partial charge in [-0.2, -0.15) is 0 Å². The van der Waals surface area contributed by atoms with Crippen molar-refractivity contribution in [3.63, 3.8) is 0 Å². The van der Waals surface area contributed by atoms with Crippen LogP contribution in [0.15, 0.2) is 78.9 Å². The molecule has 11 nitrogen and oxygen atoms in total. The van der Waals surface area contributed by atoms with E-state index in [2.05, 4.69) is 52.4 Å². The van der Waals surface area contributed by atoms with Crippen LogP contribution in [0.3, 0.4) is 0 Å².